The molecule has 0 heterocycles. The highest BCUT2D eigenvalue weighted by Gasteiger charge is 2.43. The lowest BCUT2D eigenvalue weighted by Gasteiger charge is -2.40. The van der Waals surface area contributed by atoms with E-state index in [0.717, 1.165) is 36.8 Å². The second kappa shape index (κ2) is 7.59. The van der Waals surface area contributed by atoms with Gasteiger partial charge in [-0.05, 0) is 51.7 Å². The molecule has 4 nitrogen and oxygen atoms in total. The molecule has 0 aliphatic heterocycles. The van der Waals surface area contributed by atoms with Crippen LogP contribution in [0.3, 0.4) is 0 Å². The molecule has 4 heteroatoms. The van der Waals surface area contributed by atoms with Crippen molar-refractivity contribution < 1.29 is 9.59 Å². The van der Waals surface area contributed by atoms with Crippen LogP contribution in [0.4, 0.5) is 0 Å². The highest BCUT2D eigenvalue weighted by atomic mass is 16.2. The molecule has 1 aromatic rings. The quantitative estimate of drug-likeness (QED) is 0.908. The van der Waals surface area contributed by atoms with E-state index in [-0.39, 0.29) is 23.9 Å². The Balaban J connectivity index is 2.25. The number of benzene rings is 1. The highest BCUT2D eigenvalue weighted by Crippen LogP contribution is 2.42. The van der Waals surface area contributed by atoms with Crippen LogP contribution in [-0.4, -0.2) is 35.8 Å². The number of amides is 2. The Morgan fingerprint density at radius 1 is 1.12 bits per heavy atom. The van der Waals surface area contributed by atoms with Crippen LogP contribution in [0.5, 0.6) is 0 Å². The maximum atomic E-state index is 13.4. The van der Waals surface area contributed by atoms with Gasteiger partial charge < -0.3 is 10.2 Å². The molecule has 1 aliphatic carbocycles. The summed E-state index contributed by atoms with van der Waals surface area (Å²) in [4.78, 5) is 27.3. The summed E-state index contributed by atoms with van der Waals surface area (Å²) in [6.45, 7) is 8.02. The number of aryl methyl sites for hydroxylation is 1. The second-order valence-electron chi connectivity index (χ2n) is 8.42. The first-order valence-corrected chi connectivity index (χ1v) is 9.28. The minimum atomic E-state index is -0.486. The van der Waals surface area contributed by atoms with Crippen molar-refractivity contribution in [2.45, 2.75) is 70.8 Å². The molecule has 0 saturated heterocycles. The van der Waals surface area contributed by atoms with Crippen molar-refractivity contribution in [3.05, 3.63) is 35.4 Å². The lowest BCUT2D eigenvalue weighted by molar-refractivity contribution is -0.141. The van der Waals surface area contributed by atoms with Gasteiger partial charge in [0.25, 0.3) is 0 Å². The van der Waals surface area contributed by atoms with Gasteiger partial charge in [0, 0.05) is 12.6 Å². The second-order valence-corrected chi connectivity index (χ2v) is 8.42. The summed E-state index contributed by atoms with van der Waals surface area (Å²) in [6.07, 6.45) is 5.02. The van der Waals surface area contributed by atoms with Gasteiger partial charge in [-0.1, -0.05) is 43.5 Å². The van der Waals surface area contributed by atoms with Crippen LogP contribution in [-0.2, 0) is 15.0 Å². The number of hydrogen-bond acceptors (Lipinski definition) is 2. The zero-order valence-electron chi connectivity index (χ0n) is 16.3. The Labute approximate surface area is 152 Å². The third-order valence-corrected chi connectivity index (χ3v) is 5.02. The fourth-order valence-corrected chi connectivity index (χ4v) is 3.97. The summed E-state index contributed by atoms with van der Waals surface area (Å²) >= 11 is 0. The van der Waals surface area contributed by atoms with Gasteiger partial charge >= 0.3 is 0 Å². The van der Waals surface area contributed by atoms with Gasteiger partial charge in [-0.3, -0.25) is 9.59 Å². The Hall–Kier alpha value is -1.84. The minimum absolute atomic E-state index is 0.0746. The predicted molar refractivity (Wildman–Crippen MR) is 101 cm³/mol. The first-order chi connectivity index (χ1) is 11.7. The third kappa shape index (κ3) is 4.62. The van der Waals surface area contributed by atoms with Crippen molar-refractivity contribution in [3.63, 3.8) is 0 Å². The van der Waals surface area contributed by atoms with Gasteiger partial charge in [-0.25, -0.2) is 0 Å². The molecular formula is C21H32N2O2. The topological polar surface area (TPSA) is 49.4 Å². The molecular weight excluding hydrogens is 312 g/mol. The Morgan fingerprint density at radius 3 is 2.28 bits per heavy atom. The average molecular weight is 344 g/mol. The zero-order valence-corrected chi connectivity index (χ0v) is 16.3. The third-order valence-electron chi connectivity index (χ3n) is 5.02. The van der Waals surface area contributed by atoms with E-state index in [9.17, 15) is 9.59 Å². The standard InChI is InChI=1S/C21H32N2O2/c1-16-11-7-8-12-17(16)21(13-9-6-10-14-21)19(25)23(5)15-18(24)22-20(2,3)4/h7-8,11-12H,6,9-10,13-15H2,1-5H3,(H,22,24). The summed E-state index contributed by atoms with van der Waals surface area (Å²) in [6, 6.07) is 8.19. The van der Waals surface area contributed by atoms with Gasteiger partial charge in [-0.15, -0.1) is 0 Å². The molecule has 1 saturated carbocycles. The van der Waals surface area contributed by atoms with Crippen molar-refractivity contribution in [2.75, 3.05) is 13.6 Å². The molecule has 0 spiro atoms. The molecule has 138 valence electrons. The highest BCUT2D eigenvalue weighted by molar-refractivity contribution is 5.92. The van der Waals surface area contributed by atoms with Crippen LogP contribution in [0.15, 0.2) is 24.3 Å². The van der Waals surface area contributed by atoms with E-state index in [1.54, 1.807) is 11.9 Å². The molecule has 1 aliphatic rings. The van der Waals surface area contributed by atoms with Crippen molar-refractivity contribution in [2.24, 2.45) is 0 Å². The molecule has 1 N–H and O–H groups in total. The molecule has 2 amide bonds. The van der Waals surface area contributed by atoms with Crippen LogP contribution >= 0.6 is 0 Å². The van der Waals surface area contributed by atoms with Crippen LogP contribution < -0.4 is 5.32 Å². The van der Waals surface area contributed by atoms with Crippen molar-refractivity contribution in [1.82, 2.24) is 10.2 Å². The van der Waals surface area contributed by atoms with E-state index in [0.29, 0.717) is 0 Å². The van der Waals surface area contributed by atoms with Crippen molar-refractivity contribution in [1.29, 1.82) is 0 Å². The number of likely N-dealkylation sites (N-methyl/N-ethyl adjacent to an activating group) is 1. The average Bonchev–Trinajstić information content (AvgIpc) is 2.53. The lowest BCUT2D eigenvalue weighted by atomic mass is 9.67. The molecule has 1 fully saturated rings. The predicted octanol–water partition coefficient (Wildman–Crippen LogP) is 3.57. The van der Waals surface area contributed by atoms with Crippen LogP contribution in [0.2, 0.25) is 0 Å². The number of carbonyl (C=O) groups is 2. The zero-order chi connectivity index (χ0) is 18.7. The number of nitrogens with zero attached hydrogens (tertiary/aromatic N) is 1. The maximum absolute atomic E-state index is 13.4. The summed E-state index contributed by atoms with van der Waals surface area (Å²) in [5.74, 6) is -0.0374. The summed E-state index contributed by atoms with van der Waals surface area (Å²) in [5.41, 5.74) is 1.51. The molecule has 0 unspecified atom stereocenters. The van der Waals surface area contributed by atoms with Gasteiger partial charge in [0.05, 0.1) is 12.0 Å². The normalized spacial score (nSPS) is 17.0. The SMILES string of the molecule is Cc1ccccc1C1(C(=O)N(C)CC(=O)NC(C)(C)C)CCCCC1. The monoisotopic (exact) mass is 344 g/mol. The summed E-state index contributed by atoms with van der Waals surface area (Å²) < 4.78 is 0. The number of nitrogens with one attached hydrogen (secondary N) is 1. The Kier molecular flexibility index (Phi) is 5.91. The van der Waals surface area contributed by atoms with Crippen molar-refractivity contribution >= 4 is 11.8 Å². The fourth-order valence-electron chi connectivity index (χ4n) is 3.97. The van der Waals surface area contributed by atoms with Crippen LogP contribution in [0.1, 0.15) is 64.0 Å². The number of rotatable bonds is 4. The molecule has 0 bridgehead atoms. The van der Waals surface area contributed by atoms with Crippen molar-refractivity contribution in [3.8, 4) is 0 Å². The first kappa shape index (κ1) is 19.5. The number of hydrogen-bond donors (Lipinski definition) is 1. The fraction of sp³-hybridized carbons (Fsp3) is 0.619. The van der Waals surface area contributed by atoms with E-state index >= 15 is 0 Å². The van der Waals surface area contributed by atoms with E-state index in [2.05, 4.69) is 24.4 Å². The first-order valence-electron chi connectivity index (χ1n) is 9.28. The number of carbonyl (C=O) groups excluding carboxylic acids is 2. The molecule has 0 atom stereocenters. The van der Waals surface area contributed by atoms with E-state index < -0.39 is 5.41 Å². The maximum Gasteiger partial charge on any atom is 0.240 e. The smallest absolute Gasteiger partial charge is 0.240 e. The molecule has 2 rings (SSSR count). The lowest BCUT2D eigenvalue weighted by Crippen LogP contribution is -2.51. The Bertz CT molecular complexity index is 625. The van der Waals surface area contributed by atoms with Gasteiger partial charge in [0.15, 0.2) is 0 Å². The molecule has 0 aromatic heterocycles. The molecule has 0 radical (unpaired) electrons. The molecule has 25 heavy (non-hydrogen) atoms. The summed E-state index contributed by atoms with van der Waals surface area (Å²) in [5, 5.41) is 2.94. The summed E-state index contributed by atoms with van der Waals surface area (Å²) in [7, 11) is 1.75. The van der Waals surface area contributed by atoms with E-state index in [1.807, 2.05) is 32.9 Å². The van der Waals surface area contributed by atoms with E-state index in [1.165, 1.54) is 6.42 Å². The van der Waals surface area contributed by atoms with Gasteiger partial charge in [0.1, 0.15) is 0 Å². The Morgan fingerprint density at radius 2 is 1.72 bits per heavy atom. The molecule has 1 aromatic carbocycles. The minimum Gasteiger partial charge on any atom is -0.350 e. The van der Waals surface area contributed by atoms with Gasteiger partial charge in [0.2, 0.25) is 11.8 Å². The van der Waals surface area contributed by atoms with Crippen LogP contribution in [0.25, 0.3) is 0 Å². The van der Waals surface area contributed by atoms with Gasteiger partial charge in [-0.2, -0.15) is 0 Å². The largest absolute Gasteiger partial charge is 0.350 e. The van der Waals surface area contributed by atoms with E-state index in [4.69, 9.17) is 0 Å². The van der Waals surface area contributed by atoms with Crippen LogP contribution in [0, 0.1) is 6.92 Å².